The maximum Gasteiger partial charge on any atom is 0.414 e. The van der Waals surface area contributed by atoms with Crippen molar-refractivity contribution in [2.75, 3.05) is 18.0 Å². The number of hydrogen-bond donors (Lipinski definition) is 1. The lowest BCUT2D eigenvalue weighted by Crippen LogP contribution is -2.34. The lowest BCUT2D eigenvalue weighted by molar-refractivity contribution is -0.121. The van der Waals surface area contributed by atoms with Crippen LogP contribution in [0.15, 0.2) is 54.6 Å². The largest absolute Gasteiger partial charge is 0.442 e. The Morgan fingerprint density at radius 3 is 2.54 bits per heavy atom. The Hall–Kier alpha value is -2.82. The molecular weight excluding hydrogens is 328 g/mol. The molecule has 2 amide bonds. The Kier molecular flexibility index (Phi) is 5.89. The van der Waals surface area contributed by atoms with E-state index in [1.807, 2.05) is 54.6 Å². The third-order valence-corrected chi connectivity index (χ3v) is 4.54. The summed E-state index contributed by atoms with van der Waals surface area (Å²) in [5, 5.41) is 2.86. The lowest BCUT2D eigenvalue weighted by atomic mass is 10.1. The number of hydrogen-bond acceptors (Lipinski definition) is 3. The van der Waals surface area contributed by atoms with Gasteiger partial charge in [-0.15, -0.1) is 0 Å². The highest BCUT2D eigenvalue weighted by atomic mass is 16.6. The summed E-state index contributed by atoms with van der Waals surface area (Å²) >= 11 is 0. The van der Waals surface area contributed by atoms with Gasteiger partial charge in [-0.2, -0.15) is 0 Å². The average Bonchev–Trinajstić information content (AvgIpc) is 3.06. The molecule has 0 radical (unpaired) electrons. The smallest absolute Gasteiger partial charge is 0.414 e. The van der Waals surface area contributed by atoms with E-state index in [0.29, 0.717) is 25.9 Å². The highest BCUT2D eigenvalue weighted by molar-refractivity contribution is 5.89. The zero-order valence-electron chi connectivity index (χ0n) is 15.0. The summed E-state index contributed by atoms with van der Waals surface area (Å²) in [7, 11) is 0. The summed E-state index contributed by atoms with van der Waals surface area (Å²) in [5.41, 5.74) is 3.19. The number of aryl methyl sites for hydroxylation is 2. The summed E-state index contributed by atoms with van der Waals surface area (Å²) in [6, 6.07) is 17.8. The average molecular weight is 352 g/mol. The number of cyclic esters (lactones) is 1. The van der Waals surface area contributed by atoms with Crippen LogP contribution in [0.1, 0.15) is 24.5 Å². The van der Waals surface area contributed by atoms with Crippen LogP contribution >= 0.6 is 0 Å². The first-order valence-electron chi connectivity index (χ1n) is 9.03. The summed E-state index contributed by atoms with van der Waals surface area (Å²) in [6.07, 6.45) is 1.40. The molecule has 1 atom stereocenters. The lowest BCUT2D eigenvalue weighted by Gasteiger charge is -2.13. The summed E-state index contributed by atoms with van der Waals surface area (Å²) in [6.45, 7) is 2.88. The van der Waals surface area contributed by atoms with E-state index in [9.17, 15) is 9.59 Å². The van der Waals surface area contributed by atoms with E-state index >= 15 is 0 Å². The van der Waals surface area contributed by atoms with E-state index in [0.717, 1.165) is 17.7 Å². The first-order chi connectivity index (χ1) is 12.7. The molecule has 2 aromatic carbocycles. The fourth-order valence-corrected chi connectivity index (χ4v) is 2.97. The molecule has 5 heteroatoms. The fraction of sp³-hybridized carbons (Fsp3) is 0.333. The van der Waals surface area contributed by atoms with Crippen molar-refractivity contribution in [1.29, 1.82) is 0 Å². The van der Waals surface area contributed by atoms with Crippen LogP contribution in [0.2, 0.25) is 0 Å². The van der Waals surface area contributed by atoms with Gasteiger partial charge in [-0.05, 0) is 36.1 Å². The molecule has 0 aromatic heterocycles. The third-order valence-electron chi connectivity index (χ3n) is 4.54. The molecule has 1 unspecified atom stereocenters. The van der Waals surface area contributed by atoms with Crippen LogP contribution in [0.25, 0.3) is 0 Å². The van der Waals surface area contributed by atoms with Crippen LogP contribution < -0.4 is 10.2 Å². The highest BCUT2D eigenvalue weighted by Crippen LogP contribution is 2.22. The molecule has 1 N–H and O–H groups in total. The van der Waals surface area contributed by atoms with Crippen molar-refractivity contribution in [1.82, 2.24) is 5.32 Å². The van der Waals surface area contributed by atoms with Gasteiger partial charge in [0.05, 0.1) is 13.1 Å². The molecule has 0 spiro atoms. The number of rotatable bonds is 7. The molecule has 1 heterocycles. The minimum absolute atomic E-state index is 0.0318. The van der Waals surface area contributed by atoms with Crippen LogP contribution in [-0.2, 0) is 22.4 Å². The topological polar surface area (TPSA) is 58.6 Å². The number of nitrogens with one attached hydrogen (secondary N) is 1. The minimum atomic E-state index is -0.363. The van der Waals surface area contributed by atoms with Gasteiger partial charge in [0.15, 0.2) is 0 Å². The summed E-state index contributed by atoms with van der Waals surface area (Å²) in [4.78, 5) is 25.7. The minimum Gasteiger partial charge on any atom is -0.442 e. The Bertz CT molecular complexity index is 744. The van der Waals surface area contributed by atoms with E-state index in [2.05, 4.69) is 12.2 Å². The molecule has 5 nitrogen and oxygen atoms in total. The maximum absolute atomic E-state index is 12.1. The SMILES string of the molecule is CCc1ccc(N2CC(CNC(=O)CCc3ccccc3)OC2=O)cc1. The van der Waals surface area contributed by atoms with Gasteiger partial charge < -0.3 is 10.1 Å². The monoisotopic (exact) mass is 352 g/mol. The van der Waals surface area contributed by atoms with Crippen molar-refractivity contribution in [2.24, 2.45) is 0 Å². The second-order valence-electron chi connectivity index (χ2n) is 6.43. The van der Waals surface area contributed by atoms with Crippen molar-refractivity contribution in [3.63, 3.8) is 0 Å². The van der Waals surface area contributed by atoms with Crippen molar-refractivity contribution >= 4 is 17.7 Å². The number of carbonyl (C=O) groups excluding carboxylic acids is 2. The van der Waals surface area contributed by atoms with E-state index < -0.39 is 0 Å². The van der Waals surface area contributed by atoms with E-state index in [1.54, 1.807) is 4.90 Å². The zero-order chi connectivity index (χ0) is 18.4. The maximum atomic E-state index is 12.1. The predicted octanol–water partition coefficient (Wildman–Crippen LogP) is 3.32. The quantitative estimate of drug-likeness (QED) is 0.832. The molecule has 1 aliphatic rings. The number of carbonyl (C=O) groups is 2. The standard InChI is InChI=1S/C21H24N2O3/c1-2-16-8-11-18(12-9-16)23-15-19(26-21(23)25)14-22-20(24)13-10-17-6-4-3-5-7-17/h3-9,11-12,19H,2,10,13-15H2,1H3,(H,22,24). The van der Waals surface area contributed by atoms with Crippen LogP contribution in [0.4, 0.5) is 10.5 Å². The predicted molar refractivity (Wildman–Crippen MR) is 101 cm³/mol. The molecule has 1 saturated heterocycles. The van der Waals surface area contributed by atoms with Gasteiger partial charge in [0.2, 0.25) is 5.91 Å². The van der Waals surface area contributed by atoms with E-state index in [1.165, 1.54) is 5.56 Å². The van der Waals surface area contributed by atoms with Crippen molar-refractivity contribution in [3.8, 4) is 0 Å². The fourth-order valence-electron chi connectivity index (χ4n) is 2.97. The molecule has 0 saturated carbocycles. The van der Waals surface area contributed by atoms with E-state index in [-0.39, 0.29) is 18.1 Å². The van der Waals surface area contributed by atoms with Crippen LogP contribution in [0, 0.1) is 0 Å². The Morgan fingerprint density at radius 2 is 1.85 bits per heavy atom. The molecule has 1 aliphatic heterocycles. The van der Waals surface area contributed by atoms with Crippen molar-refractivity contribution < 1.29 is 14.3 Å². The normalized spacial score (nSPS) is 16.4. The van der Waals surface area contributed by atoms with E-state index in [4.69, 9.17) is 4.74 Å². The number of nitrogens with zero attached hydrogens (tertiary/aromatic N) is 1. The third kappa shape index (κ3) is 4.63. The first-order valence-corrected chi connectivity index (χ1v) is 9.03. The Labute approximate surface area is 154 Å². The van der Waals surface area contributed by atoms with Gasteiger partial charge in [-0.3, -0.25) is 9.69 Å². The molecule has 2 aromatic rings. The molecule has 0 bridgehead atoms. The van der Waals surface area contributed by atoms with Gasteiger partial charge in [0.1, 0.15) is 6.10 Å². The zero-order valence-corrected chi connectivity index (χ0v) is 15.0. The highest BCUT2D eigenvalue weighted by Gasteiger charge is 2.32. The molecule has 3 rings (SSSR count). The molecule has 136 valence electrons. The summed E-state index contributed by atoms with van der Waals surface area (Å²) in [5.74, 6) is -0.0318. The second-order valence-corrected chi connectivity index (χ2v) is 6.43. The van der Waals surface area contributed by atoms with Crippen molar-refractivity contribution in [3.05, 3.63) is 65.7 Å². The first kappa shape index (κ1) is 18.0. The number of anilines is 1. The van der Waals surface area contributed by atoms with Crippen LogP contribution in [0.5, 0.6) is 0 Å². The van der Waals surface area contributed by atoms with Crippen molar-refractivity contribution in [2.45, 2.75) is 32.3 Å². The summed E-state index contributed by atoms with van der Waals surface area (Å²) < 4.78 is 5.37. The van der Waals surface area contributed by atoms with Gasteiger partial charge >= 0.3 is 6.09 Å². The molecule has 26 heavy (non-hydrogen) atoms. The van der Waals surface area contributed by atoms with Gasteiger partial charge in [0.25, 0.3) is 0 Å². The molecule has 0 aliphatic carbocycles. The van der Waals surface area contributed by atoms with Crippen LogP contribution in [0.3, 0.4) is 0 Å². The van der Waals surface area contributed by atoms with Crippen LogP contribution in [-0.4, -0.2) is 31.2 Å². The molecular formula is C21H24N2O3. The number of benzene rings is 2. The Balaban J connectivity index is 1.45. The van der Waals surface area contributed by atoms with Gasteiger partial charge in [-0.25, -0.2) is 4.79 Å². The number of ether oxygens (including phenoxy) is 1. The molecule has 1 fully saturated rings. The number of amides is 2. The Morgan fingerprint density at radius 1 is 1.12 bits per heavy atom. The van der Waals surface area contributed by atoms with Gasteiger partial charge in [-0.1, -0.05) is 49.4 Å². The van der Waals surface area contributed by atoms with Gasteiger partial charge in [0, 0.05) is 12.1 Å². The second kappa shape index (κ2) is 8.52.